The molecule has 2 heterocycles. The number of ketones is 2. The number of likely N-dealkylation sites (tertiary alicyclic amines) is 1. The van der Waals surface area contributed by atoms with E-state index >= 15 is 0 Å². The number of ether oxygens (including phenoxy) is 1. The van der Waals surface area contributed by atoms with Gasteiger partial charge in [0.2, 0.25) is 11.8 Å². The van der Waals surface area contributed by atoms with Crippen LogP contribution in [-0.2, 0) is 25.7 Å². The van der Waals surface area contributed by atoms with Crippen molar-refractivity contribution in [2.75, 3.05) is 7.11 Å². The molecule has 1 aromatic carbocycles. The maximum Gasteiger partial charge on any atom is 0.234 e. The molecular weight excluding hydrogens is 490 g/mol. The Kier molecular flexibility index (Phi) is 5.53. The summed E-state index contributed by atoms with van der Waals surface area (Å²) >= 11 is 1.50. The monoisotopic (exact) mass is 515 g/mol. The fourth-order valence-electron chi connectivity index (χ4n) is 6.46. The minimum atomic E-state index is -0.611. The summed E-state index contributed by atoms with van der Waals surface area (Å²) in [5, 5.41) is 12.0. The summed E-state index contributed by atoms with van der Waals surface area (Å²) in [5.74, 6) is -2.53. The Hall–Kier alpha value is -3.78. The number of rotatable bonds is 4. The van der Waals surface area contributed by atoms with Crippen molar-refractivity contribution in [1.82, 2.24) is 4.90 Å². The van der Waals surface area contributed by atoms with Gasteiger partial charge in [0.1, 0.15) is 11.5 Å². The van der Waals surface area contributed by atoms with Crippen molar-refractivity contribution in [3.8, 4) is 11.5 Å². The van der Waals surface area contributed by atoms with Crippen LogP contribution in [0.2, 0.25) is 0 Å². The Morgan fingerprint density at radius 2 is 1.92 bits per heavy atom. The highest BCUT2D eigenvalue weighted by atomic mass is 32.1. The largest absolute Gasteiger partial charge is 0.508 e. The molecule has 0 saturated carbocycles. The number of nitrogens with zero attached hydrogens (tertiary/aromatic N) is 1. The number of fused-ring (bicyclic) bond motifs is 3. The second-order valence-electron chi connectivity index (χ2n) is 10.00. The van der Waals surface area contributed by atoms with Crippen LogP contribution >= 0.6 is 11.3 Å². The Bertz CT molecular complexity index is 1460. The summed E-state index contributed by atoms with van der Waals surface area (Å²) in [5.41, 5.74) is 2.67. The van der Waals surface area contributed by atoms with Crippen molar-refractivity contribution in [3.05, 3.63) is 80.6 Å². The number of allylic oxidation sites excluding steroid dienone is 6. The van der Waals surface area contributed by atoms with Gasteiger partial charge in [-0.25, -0.2) is 0 Å². The minimum Gasteiger partial charge on any atom is -0.508 e. The molecule has 6 rings (SSSR count). The number of aromatic hydroxyl groups is 1. The van der Waals surface area contributed by atoms with Gasteiger partial charge in [-0.15, -0.1) is 11.3 Å². The van der Waals surface area contributed by atoms with E-state index in [4.69, 9.17) is 4.74 Å². The number of imide groups is 1. The third-order valence-electron chi connectivity index (χ3n) is 8.08. The average Bonchev–Trinajstić information content (AvgIpc) is 3.49. The van der Waals surface area contributed by atoms with Crippen LogP contribution in [0.3, 0.4) is 0 Å². The fourth-order valence-corrected chi connectivity index (χ4v) is 7.15. The molecule has 0 radical (unpaired) electrons. The Morgan fingerprint density at radius 1 is 1.11 bits per heavy atom. The summed E-state index contributed by atoms with van der Waals surface area (Å²) in [6.45, 7) is 1.87. The third kappa shape index (κ3) is 3.54. The van der Waals surface area contributed by atoms with Gasteiger partial charge in [0, 0.05) is 39.1 Å². The highest BCUT2D eigenvalue weighted by Gasteiger charge is 2.56. The number of phenols is 1. The zero-order valence-electron chi connectivity index (χ0n) is 20.4. The molecule has 1 aliphatic heterocycles. The van der Waals surface area contributed by atoms with E-state index < -0.39 is 23.7 Å². The molecule has 1 fully saturated rings. The molecule has 2 aromatic rings. The summed E-state index contributed by atoms with van der Waals surface area (Å²) in [6, 6.07) is 8.51. The number of thiophene rings is 1. The van der Waals surface area contributed by atoms with Crippen molar-refractivity contribution in [2.24, 2.45) is 17.8 Å². The third-order valence-corrected chi connectivity index (χ3v) is 8.94. The standard InChI is InChI=1S/C29H25NO6S/c1-14-10-22(32)26-21(27(14)33)12-20-17(24(26)18-6-5-15(31)11-23(18)36-2)7-8-19-25(20)29(35)30(28(19)34)13-16-4-3-9-37-16/h3-7,9-11,19-20,24-25,31H,8,12-13H2,1-2H3. The molecule has 7 nitrogen and oxygen atoms in total. The lowest BCUT2D eigenvalue weighted by Gasteiger charge is -2.42. The van der Waals surface area contributed by atoms with Crippen molar-refractivity contribution >= 4 is 34.7 Å². The van der Waals surface area contributed by atoms with E-state index in [2.05, 4.69) is 0 Å². The molecule has 2 amide bonds. The van der Waals surface area contributed by atoms with E-state index in [1.807, 2.05) is 23.6 Å². The van der Waals surface area contributed by atoms with Gasteiger partial charge in [0.05, 0.1) is 25.5 Å². The average molecular weight is 516 g/mol. The first kappa shape index (κ1) is 23.6. The van der Waals surface area contributed by atoms with Crippen LogP contribution in [0.1, 0.15) is 36.1 Å². The molecule has 4 aliphatic rings. The first-order valence-electron chi connectivity index (χ1n) is 12.2. The molecule has 37 heavy (non-hydrogen) atoms. The van der Waals surface area contributed by atoms with Crippen LogP contribution in [0.4, 0.5) is 0 Å². The zero-order chi connectivity index (χ0) is 26.0. The predicted molar refractivity (Wildman–Crippen MR) is 136 cm³/mol. The van der Waals surface area contributed by atoms with E-state index in [9.17, 15) is 24.3 Å². The molecule has 0 spiro atoms. The SMILES string of the molecule is COc1cc(O)ccc1C1C2=CCC3C(=O)N(Cc4cccs4)C(=O)C3C2CC2=C1C(=O)C=C(C)C2=O. The number of hydrogen-bond acceptors (Lipinski definition) is 7. The van der Waals surface area contributed by atoms with Gasteiger partial charge >= 0.3 is 0 Å². The van der Waals surface area contributed by atoms with Gasteiger partial charge in [-0.2, -0.15) is 0 Å². The summed E-state index contributed by atoms with van der Waals surface area (Å²) in [7, 11) is 1.48. The Balaban J connectivity index is 1.48. The molecule has 4 atom stereocenters. The molecule has 1 saturated heterocycles. The van der Waals surface area contributed by atoms with Crippen molar-refractivity contribution in [1.29, 1.82) is 0 Å². The van der Waals surface area contributed by atoms with Gasteiger partial charge in [0.25, 0.3) is 0 Å². The van der Waals surface area contributed by atoms with Gasteiger partial charge < -0.3 is 9.84 Å². The number of Topliss-reactive ketones (excluding diaryl/α,β-unsaturated/α-hetero) is 1. The van der Waals surface area contributed by atoms with Crippen LogP contribution < -0.4 is 4.74 Å². The van der Waals surface area contributed by atoms with E-state index in [1.54, 1.807) is 13.0 Å². The number of carbonyl (C=O) groups excluding carboxylic acids is 4. The molecular formula is C29H25NO6S. The van der Waals surface area contributed by atoms with Gasteiger partial charge in [-0.05, 0) is 49.3 Å². The Labute approximate surface area is 217 Å². The Morgan fingerprint density at radius 3 is 2.65 bits per heavy atom. The fraction of sp³-hybridized carbons (Fsp3) is 0.310. The van der Waals surface area contributed by atoms with Crippen LogP contribution in [0.5, 0.6) is 11.5 Å². The maximum atomic E-state index is 13.8. The molecule has 1 N–H and O–H groups in total. The van der Waals surface area contributed by atoms with Crippen LogP contribution in [-0.4, -0.2) is 40.5 Å². The molecule has 4 unspecified atom stereocenters. The summed E-state index contributed by atoms with van der Waals surface area (Å²) < 4.78 is 5.57. The van der Waals surface area contributed by atoms with Crippen molar-refractivity contribution in [3.63, 3.8) is 0 Å². The van der Waals surface area contributed by atoms with E-state index in [-0.39, 0.29) is 42.1 Å². The van der Waals surface area contributed by atoms with E-state index in [1.165, 1.54) is 41.6 Å². The smallest absolute Gasteiger partial charge is 0.234 e. The molecule has 8 heteroatoms. The highest BCUT2D eigenvalue weighted by molar-refractivity contribution is 7.09. The van der Waals surface area contributed by atoms with E-state index in [0.717, 1.165) is 10.5 Å². The number of benzene rings is 1. The van der Waals surface area contributed by atoms with Gasteiger partial charge in [-0.3, -0.25) is 24.1 Å². The lowest BCUT2D eigenvalue weighted by atomic mass is 9.59. The number of phenolic OH excluding ortho intramolecular Hbond substituents is 1. The minimum absolute atomic E-state index is 0.0161. The first-order chi connectivity index (χ1) is 17.8. The second-order valence-corrected chi connectivity index (χ2v) is 11.0. The summed E-state index contributed by atoms with van der Waals surface area (Å²) in [6.07, 6.45) is 3.98. The van der Waals surface area contributed by atoms with Crippen LogP contribution in [0, 0.1) is 17.8 Å². The quantitative estimate of drug-likeness (QED) is 0.374. The molecule has 3 aliphatic carbocycles. The number of amides is 2. The summed E-state index contributed by atoms with van der Waals surface area (Å²) in [4.78, 5) is 56.1. The molecule has 1 aromatic heterocycles. The second kappa shape index (κ2) is 8.66. The lowest BCUT2D eigenvalue weighted by Crippen LogP contribution is -2.39. The van der Waals surface area contributed by atoms with Crippen LogP contribution in [0.15, 0.2) is 70.2 Å². The molecule has 188 valence electrons. The molecule has 0 bridgehead atoms. The number of hydrogen-bond donors (Lipinski definition) is 1. The zero-order valence-corrected chi connectivity index (χ0v) is 21.2. The van der Waals surface area contributed by atoms with Gasteiger partial charge in [-0.1, -0.05) is 23.8 Å². The maximum absolute atomic E-state index is 13.8. The first-order valence-corrected chi connectivity index (χ1v) is 13.1. The van der Waals surface area contributed by atoms with Crippen LogP contribution in [0.25, 0.3) is 0 Å². The number of carbonyl (C=O) groups is 4. The lowest BCUT2D eigenvalue weighted by molar-refractivity contribution is -0.140. The van der Waals surface area contributed by atoms with Gasteiger partial charge in [0.15, 0.2) is 11.6 Å². The van der Waals surface area contributed by atoms with E-state index in [0.29, 0.717) is 34.5 Å². The van der Waals surface area contributed by atoms with Crippen molar-refractivity contribution in [2.45, 2.75) is 32.2 Å². The van der Waals surface area contributed by atoms with Crippen molar-refractivity contribution < 1.29 is 29.0 Å². The number of methoxy groups -OCH3 is 1. The highest BCUT2D eigenvalue weighted by Crippen LogP contribution is 2.56. The normalized spacial score (nSPS) is 27.0. The topological polar surface area (TPSA) is 101 Å². The predicted octanol–water partition coefficient (Wildman–Crippen LogP) is 4.09.